The van der Waals surface area contributed by atoms with E-state index in [4.69, 9.17) is 5.73 Å². The molecule has 7 heteroatoms. The molecule has 0 fully saturated rings. The zero-order valence-electron chi connectivity index (χ0n) is 12.4. The van der Waals surface area contributed by atoms with Gasteiger partial charge < -0.3 is 11.1 Å². The van der Waals surface area contributed by atoms with Gasteiger partial charge >= 0.3 is 0 Å². The molecule has 2 aromatic rings. The van der Waals surface area contributed by atoms with Gasteiger partial charge in [0.15, 0.2) is 0 Å². The third-order valence-corrected chi connectivity index (χ3v) is 5.57. The summed E-state index contributed by atoms with van der Waals surface area (Å²) in [5.41, 5.74) is 8.51. The van der Waals surface area contributed by atoms with Crippen molar-refractivity contribution in [2.24, 2.45) is 0 Å². The van der Waals surface area contributed by atoms with E-state index in [1.54, 1.807) is 0 Å². The number of nitrogens with zero attached hydrogens (tertiary/aromatic N) is 1. The number of anilines is 1. The smallest absolute Gasteiger partial charge is 0.263 e. The van der Waals surface area contributed by atoms with E-state index >= 15 is 0 Å². The lowest BCUT2D eigenvalue weighted by molar-refractivity contribution is 0.0961. The van der Waals surface area contributed by atoms with Crippen LogP contribution in [0.25, 0.3) is 10.2 Å². The molecule has 1 unspecified atom stereocenters. The van der Waals surface area contributed by atoms with Gasteiger partial charge in [-0.2, -0.15) is 0 Å². The number of aryl methyl sites for hydroxylation is 2. The van der Waals surface area contributed by atoms with Gasteiger partial charge in [-0.15, -0.1) is 11.3 Å². The SMILES string of the molecule is CCS(=O)CCNC(=O)c1sc2nc(C)cc(C)c2c1N. The van der Waals surface area contributed by atoms with E-state index in [1.807, 2.05) is 26.8 Å². The summed E-state index contributed by atoms with van der Waals surface area (Å²) in [5, 5.41) is 3.63. The van der Waals surface area contributed by atoms with Crippen molar-refractivity contribution in [3.63, 3.8) is 0 Å². The van der Waals surface area contributed by atoms with Crippen LogP contribution in [0.4, 0.5) is 5.69 Å². The van der Waals surface area contributed by atoms with Crippen LogP contribution in [0.5, 0.6) is 0 Å². The number of pyridine rings is 1. The zero-order chi connectivity index (χ0) is 15.6. The minimum atomic E-state index is -0.882. The molecule has 114 valence electrons. The summed E-state index contributed by atoms with van der Waals surface area (Å²) in [5.74, 6) is 0.841. The first-order valence-electron chi connectivity index (χ1n) is 6.73. The molecule has 2 heterocycles. The Kier molecular flexibility index (Phi) is 4.95. The van der Waals surface area contributed by atoms with Crippen molar-refractivity contribution in [3.05, 3.63) is 22.2 Å². The number of fused-ring (bicyclic) bond motifs is 1. The van der Waals surface area contributed by atoms with Crippen LogP contribution >= 0.6 is 11.3 Å². The molecule has 0 spiro atoms. The van der Waals surface area contributed by atoms with E-state index in [1.165, 1.54) is 11.3 Å². The van der Waals surface area contributed by atoms with Crippen LogP contribution in [0.1, 0.15) is 27.9 Å². The molecule has 0 radical (unpaired) electrons. The van der Waals surface area contributed by atoms with Crippen molar-refractivity contribution in [1.29, 1.82) is 0 Å². The highest BCUT2D eigenvalue weighted by Gasteiger charge is 2.18. The van der Waals surface area contributed by atoms with Gasteiger partial charge in [-0.3, -0.25) is 9.00 Å². The van der Waals surface area contributed by atoms with Crippen molar-refractivity contribution in [3.8, 4) is 0 Å². The van der Waals surface area contributed by atoms with Crippen LogP contribution in [-0.4, -0.2) is 33.2 Å². The van der Waals surface area contributed by atoms with E-state index in [0.717, 1.165) is 21.5 Å². The molecule has 2 aromatic heterocycles. The number of hydrogen-bond acceptors (Lipinski definition) is 5. The number of nitrogens with one attached hydrogen (secondary N) is 1. The number of aromatic nitrogens is 1. The molecule has 0 saturated heterocycles. The summed E-state index contributed by atoms with van der Waals surface area (Å²) < 4.78 is 11.3. The number of rotatable bonds is 5. The van der Waals surface area contributed by atoms with Crippen LogP contribution < -0.4 is 11.1 Å². The van der Waals surface area contributed by atoms with Gasteiger partial charge in [0.1, 0.15) is 9.71 Å². The molecule has 0 bridgehead atoms. The second kappa shape index (κ2) is 6.53. The van der Waals surface area contributed by atoms with E-state index < -0.39 is 10.8 Å². The molecule has 1 atom stereocenters. The summed E-state index contributed by atoms with van der Waals surface area (Å²) in [6.45, 7) is 6.13. The predicted octanol–water partition coefficient (Wildman–Crippen LogP) is 1.99. The molecule has 2 rings (SSSR count). The van der Waals surface area contributed by atoms with Gasteiger partial charge in [-0.05, 0) is 25.5 Å². The third-order valence-electron chi connectivity index (χ3n) is 3.17. The Hall–Kier alpha value is -1.47. The fourth-order valence-electron chi connectivity index (χ4n) is 2.14. The Morgan fingerprint density at radius 2 is 2.19 bits per heavy atom. The monoisotopic (exact) mass is 325 g/mol. The summed E-state index contributed by atoms with van der Waals surface area (Å²) in [7, 11) is -0.882. The Labute approximate surface area is 130 Å². The fourth-order valence-corrected chi connectivity index (χ4v) is 3.89. The molecule has 0 aromatic carbocycles. The first kappa shape index (κ1) is 15.9. The van der Waals surface area contributed by atoms with E-state index in [0.29, 0.717) is 28.6 Å². The van der Waals surface area contributed by atoms with E-state index in [2.05, 4.69) is 10.3 Å². The van der Waals surface area contributed by atoms with Crippen molar-refractivity contribution < 1.29 is 9.00 Å². The maximum absolute atomic E-state index is 12.2. The van der Waals surface area contributed by atoms with Gasteiger partial charge in [0.2, 0.25) is 0 Å². The summed E-state index contributed by atoms with van der Waals surface area (Å²) in [6.07, 6.45) is 0. The number of carbonyl (C=O) groups excluding carboxylic acids is 1. The van der Waals surface area contributed by atoms with Gasteiger partial charge in [-0.25, -0.2) is 4.98 Å². The molecule has 5 nitrogen and oxygen atoms in total. The first-order chi connectivity index (χ1) is 9.93. The van der Waals surface area contributed by atoms with Gasteiger partial charge in [-0.1, -0.05) is 6.92 Å². The number of carbonyl (C=O) groups is 1. The Balaban J connectivity index is 2.22. The highest BCUT2D eigenvalue weighted by molar-refractivity contribution is 7.84. The third kappa shape index (κ3) is 3.41. The average Bonchev–Trinajstić information content (AvgIpc) is 2.75. The van der Waals surface area contributed by atoms with Crippen molar-refractivity contribution in [1.82, 2.24) is 10.3 Å². The molecule has 0 aliphatic heterocycles. The highest BCUT2D eigenvalue weighted by Crippen LogP contribution is 2.34. The lowest BCUT2D eigenvalue weighted by atomic mass is 10.1. The zero-order valence-corrected chi connectivity index (χ0v) is 14.0. The second-order valence-corrected chi connectivity index (χ2v) is 7.66. The van der Waals surface area contributed by atoms with Gasteiger partial charge in [0.05, 0.1) is 5.69 Å². The maximum atomic E-state index is 12.2. The Morgan fingerprint density at radius 3 is 2.86 bits per heavy atom. The quantitative estimate of drug-likeness (QED) is 0.880. The molecule has 0 aliphatic carbocycles. The molecule has 1 amide bonds. The standard InChI is InChI=1S/C14H19N3O2S2/c1-4-21(19)6-5-16-13(18)12-11(15)10-8(2)7-9(3)17-14(10)20-12/h7H,4-6,15H2,1-3H3,(H,16,18). The number of hydrogen-bond donors (Lipinski definition) is 2. The normalized spacial score (nSPS) is 12.5. The van der Waals surface area contributed by atoms with Crippen molar-refractivity contribution in [2.45, 2.75) is 20.8 Å². The summed E-state index contributed by atoms with van der Waals surface area (Å²) in [4.78, 5) is 17.9. The molecule has 0 aliphatic rings. The van der Waals surface area contributed by atoms with E-state index in [9.17, 15) is 9.00 Å². The van der Waals surface area contributed by atoms with Crippen molar-refractivity contribution in [2.75, 3.05) is 23.8 Å². The lowest BCUT2D eigenvalue weighted by Crippen LogP contribution is -2.27. The van der Waals surface area contributed by atoms with Crippen LogP contribution in [0, 0.1) is 13.8 Å². The van der Waals surface area contributed by atoms with Crippen LogP contribution in [0.2, 0.25) is 0 Å². The summed E-state index contributed by atoms with van der Waals surface area (Å²) in [6, 6.07) is 1.96. The Morgan fingerprint density at radius 1 is 1.48 bits per heavy atom. The maximum Gasteiger partial charge on any atom is 0.263 e. The van der Waals surface area contributed by atoms with Gasteiger partial charge in [0.25, 0.3) is 5.91 Å². The fraction of sp³-hybridized carbons (Fsp3) is 0.429. The van der Waals surface area contributed by atoms with Crippen LogP contribution in [0.3, 0.4) is 0 Å². The first-order valence-corrected chi connectivity index (χ1v) is 9.03. The predicted molar refractivity (Wildman–Crippen MR) is 89.4 cm³/mol. The minimum Gasteiger partial charge on any atom is -0.397 e. The molecular weight excluding hydrogens is 306 g/mol. The van der Waals surface area contributed by atoms with E-state index in [-0.39, 0.29) is 5.91 Å². The number of nitrogen functional groups attached to an aromatic ring is 1. The molecule has 3 N–H and O–H groups in total. The average molecular weight is 325 g/mol. The highest BCUT2D eigenvalue weighted by atomic mass is 32.2. The molecule has 21 heavy (non-hydrogen) atoms. The number of amides is 1. The minimum absolute atomic E-state index is 0.222. The number of thiophene rings is 1. The molecule has 0 saturated carbocycles. The second-order valence-electron chi connectivity index (χ2n) is 4.79. The lowest BCUT2D eigenvalue weighted by Gasteiger charge is -2.04. The Bertz CT molecular complexity index is 710. The van der Waals surface area contributed by atoms with Crippen LogP contribution in [-0.2, 0) is 10.8 Å². The number of nitrogens with two attached hydrogens (primary N) is 1. The molecular formula is C14H19N3O2S2. The largest absolute Gasteiger partial charge is 0.397 e. The van der Waals surface area contributed by atoms with Gasteiger partial charge in [0, 0.05) is 39.9 Å². The summed E-state index contributed by atoms with van der Waals surface area (Å²) >= 11 is 1.30. The van der Waals surface area contributed by atoms with Crippen LogP contribution in [0.15, 0.2) is 6.07 Å². The topological polar surface area (TPSA) is 85.1 Å². The van der Waals surface area contributed by atoms with Crippen molar-refractivity contribution >= 4 is 43.9 Å².